The summed E-state index contributed by atoms with van der Waals surface area (Å²) in [5.41, 5.74) is 0. The summed E-state index contributed by atoms with van der Waals surface area (Å²) < 4.78 is 4.80. The van der Waals surface area contributed by atoms with Crippen molar-refractivity contribution in [2.24, 2.45) is 0 Å². The fraction of sp³-hybridized carbons (Fsp3) is 0.333. The van der Waals surface area contributed by atoms with Crippen molar-refractivity contribution in [3.8, 4) is 0 Å². The highest BCUT2D eigenvalue weighted by Crippen LogP contribution is 1.87. The maximum Gasteiger partial charge on any atom is 0.106 e. The fourth-order valence-electron chi connectivity index (χ4n) is 0.346. The van der Waals surface area contributed by atoms with Crippen molar-refractivity contribution in [1.82, 2.24) is 0 Å². The van der Waals surface area contributed by atoms with E-state index in [4.69, 9.17) is 4.74 Å². The van der Waals surface area contributed by atoms with Crippen molar-refractivity contribution in [3.05, 3.63) is 24.5 Å². The van der Waals surface area contributed by atoms with E-state index in [1.54, 1.807) is 6.26 Å². The molecule has 0 aliphatic carbocycles. The molecule has 1 nitrogen and oxygen atoms in total. The van der Waals surface area contributed by atoms with Crippen LogP contribution < -0.4 is 0 Å². The highest BCUT2D eigenvalue weighted by atomic mass is 16.5. The summed E-state index contributed by atoms with van der Waals surface area (Å²) in [5.74, 6) is 0. The van der Waals surface area contributed by atoms with Crippen molar-refractivity contribution in [1.29, 1.82) is 0 Å². The lowest BCUT2D eigenvalue weighted by Crippen LogP contribution is -1.82. The number of hydrogen-bond donors (Lipinski definition) is 0. The zero-order chi connectivity index (χ0) is 4.24. The Balaban J connectivity index is 0.000000360. The van der Waals surface area contributed by atoms with E-state index in [2.05, 4.69) is 0 Å². The van der Waals surface area contributed by atoms with Crippen LogP contribution in [0.25, 0.3) is 0 Å². The van der Waals surface area contributed by atoms with E-state index in [9.17, 15) is 0 Å². The van der Waals surface area contributed by atoms with Gasteiger partial charge in [-0.15, -0.1) is 0 Å². The van der Waals surface area contributed by atoms with Crippen molar-refractivity contribution in [3.63, 3.8) is 0 Å². The molecule has 0 unspecified atom stereocenters. The van der Waals surface area contributed by atoms with Crippen LogP contribution in [0.5, 0.6) is 0 Å². The Morgan fingerprint density at radius 1 is 1.29 bits per heavy atom. The minimum absolute atomic E-state index is 0. The summed E-state index contributed by atoms with van der Waals surface area (Å²) in [6, 6.07) is 0. The van der Waals surface area contributed by atoms with Crippen molar-refractivity contribution >= 4 is 0 Å². The zero-order valence-corrected chi connectivity index (χ0v) is 3.42. The van der Waals surface area contributed by atoms with Crippen LogP contribution in [-0.2, 0) is 4.74 Å². The van der Waals surface area contributed by atoms with E-state index >= 15 is 0 Å². The maximum atomic E-state index is 4.80. The number of allylic oxidation sites excluding steroid dienone is 2. The Morgan fingerprint density at radius 3 is 2.29 bits per heavy atom. The van der Waals surface area contributed by atoms with Crippen molar-refractivity contribution in [2.75, 3.05) is 6.61 Å². The molecular formula is C6H10O. The molecule has 0 N–H and O–H groups in total. The third-order valence-corrected chi connectivity index (χ3v) is 0.614. The molecule has 0 bridgehead atoms. The second-order valence-electron chi connectivity index (χ2n) is 1.09. The third kappa shape index (κ3) is 2.04. The molecule has 0 aromatic carbocycles. The maximum absolute atomic E-state index is 4.80. The van der Waals surface area contributed by atoms with Gasteiger partial charge in [0.05, 0.1) is 6.26 Å². The van der Waals surface area contributed by atoms with Gasteiger partial charge in [-0.25, -0.2) is 0 Å². The van der Waals surface area contributed by atoms with Crippen LogP contribution >= 0.6 is 0 Å². The molecular weight excluding hydrogens is 88.1 g/mol. The second-order valence-corrected chi connectivity index (χ2v) is 1.09. The first-order valence-corrected chi connectivity index (χ1v) is 1.93. The fourth-order valence-corrected chi connectivity index (χ4v) is 0.346. The van der Waals surface area contributed by atoms with Gasteiger partial charge < -0.3 is 4.74 Å². The summed E-state index contributed by atoms with van der Waals surface area (Å²) in [4.78, 5) is 0. The SMILES string of the molecule is C.C1=CCOC=C1. The van der Waals surface area contributed by atoms with Crippen LogP contribution in [0.15, 0.2) is 24.5 Å². The zero-order valence-electron chi connectivity index (χ0n) is 3.42. The predicted molar refractivity (Wildman–Crippen MR) is 31.0 cm³/mol. The molecule has 0 radical (unpaired) electrons. The average molecular weight is 98.1 g/mol. The molecule has 0 amide bonds. The van der Waals surface area contributed by atoms with Crippen LogP contribution in [0.1, 0.15) is 7.43 Å². The van der Waals surface area contributed by atoms with Crippen molar-refractivity contribution in [2.45, 2.75) is 7.43 Å². The van der Waals surface area contributed by atoms with Gasteiger partial charge in [0.1, 0.15) is 6.61 Å². The molecule has 0 spiro atoms. The summed E-state index contributed by atoms with van der Waals surface area (Å²) in [6.07, 6.45) is 7.47. The first-order valence-electron chi connectivity index (χ1n) is 1.93. The van der Waals surface area contributed by atoms with Crippen LogP contribution in [0.3, 0.4) is 0 Å². The van der Waals surface area contributed by atoms with Gasteiger partial charge in [0.15, 0.2) is 0 Å². The molecule has 1 aliphatic rings. The Morgan fingerprint density at radius 2 is 2.14 bits per heavy atom. The number of hydrogen-bond acceptors (Lipinski definition) is 1. The van der Waals surface area contributed by atoms with Gasteiger partial charge >= 0.3 is 0 Å². The number of ether oxygens (including phenoxy) is 1. The van der Waals surface area contributed by atoms with Gasteiger partial charge in [-0.3, -0.25) is 0 Å². The topological polar surface area (TPSA) is 9.23 Å². The molecule has 0 saturated heterocycles. The monoisotopic (exact) mass is 98.1 g/mol. The minimum atomic E-state index is 0. The van der Waals surface area contributed by atoms with Gasteiger partial charge in [-0.2, -0.15) is 0 Å². The molecule has 0 aromatic heterocycles. The highest BCUT2D eigenvalue weighted by Gasteiger charge is 1.75. The summed E-state index contributed by atoms with van der Waals surface area (Å²) in [5, 5.41) is 0. The molecule has 1 heteroatoms. The van der Waals surface area contributed by atoms with Gasteiger partial charge in [-0.05, 0) is 12.2 Å². The minimum Gasteiger partial charge on any atom is -0.497 e. The van der Waals surface area contributed by atoms with E-state index in [0.29, 0.717) is 0 Å². The molecule has 1 heterocycles. The lowest BCUT2D eigenvalue weighted by Gasteiger charge is -1.94. The highest BCUT2D eigenvalue weighted by molar-refractivity contribution is 5.02. The Bertz CT molecular complexity index is 70.2. The molecule has 40 valence electrons. The Hall–Kier alpha value is -0.720. The van der Waals surface area contributed by atoms with Gasteiger partial charge in [0, 0.05) is 0 Å². The quantitative estimate of drug-likeness (QED) is 0.448. The lowest BCUT2D eigenvalue weighted by molar-refractivity contribution is 0.286. The lowest BCUT2D eigenvalue weighted by atomic mass is 10.5. The van der Waals surface area contributed by atoms with Gasteiger partial charge in [0.2, 0.25) is 0 Å². The molecule has 1 aliphatic heterocycles. The molecule has 0 aromatic rings. The summed E-state index contributed by atoms with van der Waals surface area (Å²) >= 11 is 0. The molecule has 0 saturated carbocycles. The molecule has 1 rings (SSSR count). The van der Waals surface area contributed by atoms with E-state index in [1.165, 1.54) is 0 Å². The van der Waals surface area contributed by atoms with Crippen LogP contribution in [-0.4, -0.2) is 6.61 Å². The Labute approximate surface area is 44.3 Å². The predicted octanol–water partition coefficient (Wildman–Crippen LogP) is 1.72. The summed E-state index contributed by atoms with van der Waals surface area (Å²) in [7, 11) is 0. The van der Waals surface area contributed by atoms with Crippen LogP contribution in [0.4, 0.5) is 0 Å². The smallest absolute Gasteiger partial charge is 0.106 e. The van der Waals surface area contributed by atoms with E-state index in [0.717, 1.165) is 6.61 Å². The molecule has 0 fully saturated rings. The van der Waals surface area contributed by atoms with E-state index in [1.807, 2.05) is 18.2 Å². The first-order chi connectivity index (χ1) is 3.00. The second kappa shape index (κ2) is 3.47. The van der Waals surface area contributed by atoms with Gasteiger partial charge in [0.25, 0.3) is 0 Å². The molecule has 7 heavy (non-hydrogen) atoms. The molecule has 0 atom stereocenters. The van der Waals surface area contributed by atoms with Crippen LogP contribution in [0.2, 0.25) is 0 Å². The normalized spacial score (nSPS) is 14.9. The van der Waals surface area contributed by atoms with E-state index < -0.39 is 0 Å². The van der Waals surface area contributed by atoms with Crippen molar-refractivity contribution < 1.29 is 4.74 Å². The van der Waals surface area contributed by atoms with Crippen LogP contribution in [0, 0.1) is 0 Å². The summed E-state index contributed by atoms with van der Waals surface area (Å²) in [6.45, 7) is 0.733. The first kappa shape index (κ1) is 6.28. The average Bonchev–Trinajstić information content (AvgIpc) is 1.72. The van der Waals surface area contributed by atoms with E-state index in [-0.39, 0.29) is 7.43 Å². The standard InChI is InChI=1S/C5H6O.CH4/c1-2-4-6-5-3-1;/h1-4H,5H2;1H4. The number of rotatable bonds is 0. The van der Waals surface area contributed by atoms with Gasteiger partial charge in [-0.1, -0.05) is 13.5 Å². The largest absolute Gasteiger partial charge is 0.497 e. The Kier molecular flexibility index (Phi) is 3.11. The third-order valence-electron chi connectivity index (χ3n) is 0.614.